The van der Waals surface area contributed by atoms with Gasteiger partial charge in [-0.3, -0.25) is 19.6 Å². The maximum atomic E-state index is 13.2. The molecular weight excluding hydrogens is 408 g/mol. The highest BCUT2D eigenvalue weighted by atomic mass is 16.4. The Morgan fingerprint density at radius 3 is 1.84 bits per heavy atom. The number of nitrogens with zero attached hydrogens (tertiary/aromatic N) is 2. The van der Waals surface area contributed by atoms with Gasteiger partial charge < -0.3 is 5.11 Å². The number of amides is 2. The van der Waals surface area contributed by atoms with Gasteiger partial charge in [0.25, 0.3) is 0 Å². The van der Waals surface area contributed by atoms with E-state index in [-0.39, 0.29) is 18.7 Å². The van der Waals surface area contributed by atoms with Gasteiger partial charge in [-0.2, -0.15) is 0 Å². The summed E-state index contributed by atoms with van der Waals surface area (Å²) in [5, 5.41) is 12.8. The van der Waals surface area contributed by atoms with Crippen LogP contribution in [0.25, 0.3) is 0 Å². The molecule has 1 fully saturated rings. The number of unbranched alkanes of at least 4 members (excludes halogenated alkanes) is 4. The smallest absolute Gasteiger partial charge is 0.334 e. The summed E-state index contributed by atoms with van der Waals surface area (Å²) in [7, 11) is 0. The van der Waals surface area contributed by atoms with Crippen molar-refractivity contribution in [2.75, 3.05) is 0 Å². The first kappa shape index (κ1) is 28.4. The third-order valence-electron chi connectivity index (χ3n) is 7.41. The van der Waals surface area contributed by atoms with Crippen LogP contribution in [0.3, 0.4) is 0 Å². The topological polar surface area (TPSA) is 130 Å². The summed E-state index contributed by atoms with van der Waals surface area (Å²) in [6.07, 6.45) is 9.19. The van der Waals surface area contributed by atoms with E-state index in [0.717, 1.165) is 50.0 Å². The predicted molar refractivity (Wildman–Crippen MR) is 126 cm³/mol. The van der Waals surface area contributed by atoms with Crippen molar-refractivity contribution in [3.05, 3.63) is 0 Å². The summed E-state index contributed by atoms with van der Waals surface area (Å²) in [5.41, 5.74) is -3.04. The van der Waals surface area contributed by atoms with Gasteiger partial charge >= 0.3 is 5.97 Å². The van der Waals surface area contributed by atoms with Gasteiger partial charge in [0, 0.05) is 12.8 Å². The number of carboxylic acid groups (broad SMARTS) is 1. The average molecular weight is 455 g/mol. The summed E-state index contributed by atoms with van der Waals surface area (Å²) in [5.74, 6) is 10.6. The first-order valence-electron chi connectivity index (χ1n) is 12.6. The van der Waals surface area contributed by atoms with E-state index in [1.54, 1.807) is 6.92 Å². The van der Waals surface area contributed by atoms with Crippen LogP contribution < -0.4 is 11.7 Å². The van der Waals surface area contributed by atoms with Gasteiger partial charge in [0.1, 0.15) is 0 Å². The van der Waals surface area contributed by atoms with Gasteiger partial charge in [-0.1, -0.05) is 79.1 Å². The molecule has 2 atom stereocenters. The van der Waals surface area contributed by atoms with Crippen molar-refractivity contribution >= 4 is 17.8 Å². The number of rotatable bonds is 14. The minimum absolute atomic E-state index is 0.181. The summed E-state index contributed by atoms with van der Waals surface area (Å²) in [4.78, 5) is 39.5. The number of aliphatic carboxylic acids is 1. The normalized spacial score (nSPS) is 18.4. The fourth-order valence-corrected chi connectivity index (χ4v) is 5.40. The molecule has 8 heteroatoms. The second kappa shape index (κ2) is 13.1. The zero-order chi connectivity index (χ0) is 24.4. The highest BCUT2D eigenvalue weighted by Crippen LogP contribution is 2.48. The number of carbonyl (C=O) groups is 3. The Kier molecular flexibility index (Phi) is 11.6. The van der Waals surface area contributed by atoms with Crippen LogP contribution in [0, 0.1) is 5.92 Å². The zero-order valence-corrected chi connectivity index (χ0v) is 20.7. The van der Waals surface area contributed by atoms with E-state index in [9.17, 15) is 19.5 Å². The number of hydrazine groups is 2. The molecule has 0 radical (unpaired) electrons. The molecule has 0 aromatic carbocycles. The predicted octanol–water partition coefficient (Wildman–Crippen LogP) is 4.12. The highest BCUT2D eigenvalue weighted by Gasteiger charge is 2.66. The number of hydrogen-bond donors (Lipinski definition) is 3. The molecule has 2 unspecified atom stereocenters. The Morgan fingerprint density at radius 2 is 1.41 bits per heavy atom. The molecule has 2 amide bonds. The standard InChI is InChI=1S/C24H46N4O4/c1-5-8-11-15-20(29)27(25)23(17-13-10-14-18-23)24(22(31)32,19(4)7-3)28(26)21(30)16-12-9-6-2/h19H,5-18,25-26H2,1-4H3,(H,31,32). The quantitative estimate of drug-likeness (QED) is 0.157. The molecule has 0 aliphatic heterocycles. The van der Waals surface area contributed by atoms with Gasteiger partial charge in [0.05, 0.1) is 5.54 Å². The number of carbonyl (C=O) groups excluding carboxylic acids is 2. The number of nitrogens with two attached hydrogens (primary N) is 2. The van der Waals surface area contributed by atoms with Crippen molar-refractivity contribution < 1.29 is 19.5 Å². The molecular formula is C24H46N4O4. The number of carboxylic acids is 1. The maximum absolute atomic E-state index is 13.2. The van der Waals surface area contributed by atoms with E-state index >= 15 is 0 Å². The molecule has 5 N–H and O–H groups in total. The van der Waals surface area contributed by atoms with Crippen molar-refractivity contribution in [1.29, 1.82) is 0 Å². The third-order valence-corrected chi connectivity index (χ3v) is 7.41. The summed E-state index contributed by atoms with van der Waals surface area (Å²) in [6, 6.07) is 0. The van der Waals surface area contributed by atoms with E-state index in [2.05, 4.69) is 6.92 Å². The lowest BCUT2D eigenvalue weighted by atomic mass is 9.61. The molecule has 1 saturated carbocycles. The molecule has 1 rings (SSSR count). The molecule has 0 saturated heterocycles. The maximum Gasteiger partial charge on any atom is 0.334 e. The lowest BCUT2D eigenvalue weighted by Crippen LogP contribution is -2.81. The first-order valence-corrected chi connectivity index (χ1v) is 12.6. The largest absolute Gasteiger partial charge is 0.479 e. The van der Waals surface area contributed by atoms with Crippen LogP contribution in [0.15, 0.2) is 0 Å². The van der Waals surface area contributed by atoms with E-state index in [1.807, 2.05) is 13.8 Å². The van der Waals surface area contributed by atoms with Gasteiger partial charge in [-0.05, 0) is 31.6 Å². The zero-order valence-electron chi connectivity index (χ0n) is 20.7. The van der Waals surface area contributed by atoms with Gasteiger partial charge in [0.15, 0.2) is 5.54 Å². The fourth-order valence-electron chi connectivity index (χ4n) is 5.40. The minimum Gasteiger partial charge on any atom is -0.479 e. The fraction of sp³-hybridized carbons (Fsp3) is 0.875. The van der Waals surface area contributed by atoms with E-state index in [1.165, 1.54) is 5.01 Å². The van der Waals surface area contributed by atoms with Crippen LogP contribution >= 0.6 is 0 Å². The second-order valence-electron chi connectivity index (χ2n) is 9.41. The van der Waals surface area contributed by atoms with Crippen LogP contribution in [-0.4, -0.2) is 44.0 Å². The van der Waals surface area contributed by atoms with Crippen molar-refractivity contribution in [3.63, 3.8) is 0 Å². The first-order chi connectivity index (χ1) is 15.2. The minimum atomic E-state index is -1.79. The van der Waals surface area contributed by atoms with Gasteiger partial charge in [0.2, 0.25) is 11.8 Å². The molecule has 0 heterocycles. The van der Waals surface area contributed by atoms with Crippen LogP contribution in [0.1, 0.15) is 118 Å². The van der Waals surface area contributed by atoms with Crippen molar-refractivity contribution in [1.82, 2.24) is 10.0 Å². The summed E-state index contributed by atoms with van der Waals surface area (Å²) >= 11 is 0. The van der Waals surface area contributed by atoms with Crippen LogP contribution in [0.2, 0.25) is 0 Å². The van der Waals surface area contributed by atoms with Gasteiger partial charge in [-0.15, -0.1) is 0 Å². The lowest BCUT2D eigenvalue weighted by molar-refractivity contribution is -0.190. The molecule has 186 valence electrons. The highest BCUT2D eigenvalue weighted by molar-refractivity contribution is 5.90. The molecule has 0 spiro atoms. The van der Waals surface area contributed by atoms with Crippen LogP contribution in [0.5, 0.6) is 0 Å². The molecule has 0 aromatic heterocycles. The van der Waals surface area contributed by atoms with Crippen LogP contribution in [-0.2, 0) is 14.4 Å². The Hall–Kier alpha value is -1.67. The lowest BCUT2D eigenvalue weighted by Gasteiger charge is -2.58. The van der Waals surface area contributed by atoms with Crippen LogP contribution in [0.4, 0.5) is 0 Å². The van der Waals surface area contributed by atoms with E-state index < -0.39 is 28.9 Å². The average Bonchev–Trinajstić information content (AvgIpc) is 2.79. The molecule has 0 bridgehead atoms. The monoisotopic (exact) mass is 454 g/mol. The molecule has 1 aliphatic rings. The number of hydrogen-bond acceptors (Lipinski definition) is 5. The SMILES string of the molecule is CCCCCC(=O)N(N)C1(C(C(=O)O)(C(C)CC)N(N)C(=O)CCCCC)CCCCC1. The Bertz CT molecular complexity index is 621. The van der Waals surface area contributed by atoms with Gasteiger partial charge in [-0.25, -0.2) is 16.5 Å². The third kappa shape index (κ3) is 5.63. The van der Waals surface area contributed by atoms with E-state index in [0.29, 0.717) is 32.1 Å². The molecule has 32 heavy (non-hydrogen) atoms. The molecule has 8 nitrogen and oxygen atoms in total. The molecule has 1 aliphatic carbocycles. The Labute approximate surface area is 194 Å². The summed E-state index contributed by atoms with van der Waals surface area (Å²) < 4.78 is 0. The van der Waals surface area contributed by atoms with Crippen molar-refractivity contribution in [3.8, 4) is 0 Å². The Morgan fingerprint density at radius 1 is 0.906 bits per heavy atom. The second-order valence-corrected chi connectivity index (χ2v) is 9.41. The van der Waals surface area contributed by atoms with E-state index in [4.69, 9.17) is 11.7 Å². The van der Waals surface area contributed by atoms with Crippen molar-refractivity contribution in [2.45, 2.75) is 129 Å². The summed E-state index contributed by atoms with van der Waals surface area (Å²) in [6.45, 7) is 7.79. The Balaban J connectivity index is 3.56. The molecule has 0 aromatic rings. The van der Waals surface area contributed by atoms with Crippen molar-refractivity contribution in [2.24, 2.45) is 17.6 Å².